The predicted octanol–water partition coefficient (Wildman–Crippen LogP) is 3.80. The Morgan fingerprint density at radius 3 is 2.57 bits per heavy atom. The molecule has 0 saturated carbocycles. The maximum absolute atomic E-state index is 9.96. The van der Waals surface area contributed by atoms with Crippen molar-refractivity contribution in [3.05, 3.63) is 51.2 Å². The third-order valence-electron chi connectivity index (χ3n) is 3.10. The van der Waals surface area contributed by atoms with Gasteiger partial charge in [0.15, 0.2) is 0 Å². The average molecular weight is 326 g/mol. The van der Waals surface area contributed by atoms with Crippen molar-refractivity contribution < 1.29 is 9.84 Å². The molecule has 2 N–H and O–H groups in total. The van der Waals surface area contributed by atoms with Gasteiger partial charge in [0.05, 0.1) is 0 Å². The molecule has 2 atom stereocenters. The van der Waals surface area contributed by atoms with Crippen LogP contribution >= 0.6 is 22.9 Å². The molecule has 1 aromatic heterocycles. The van der Waals surface area contributed by atoms with Crippen molar-refractivity contribution in [3.63, 3.8) is 0 Å². The number of aliphatic hydroxyl groups is 1. The van der Waals surface area contributed by atoms with Crippen molar-refractivity contribution in [2.75, 3.05) is 13.2 Å². The maximum Gasteiger partial charge on any atom is 0.119 e. The highest BCUT2D eigenvalue weighted by molar-refractivity contribution is 7.12. The molecular formula is C16H20ClNO2S. The molecule has 0 amide bonds. The maximum atomic E-state index is 9.96. The van der Waals surface area contributed by atoms with Crippen molar-refractivity contribution in [2.45, 2.75) is 26.0 Å². The highest BCUT2D eigenvalue weighted by Crippen LogP contribution is 2.22. The first kappa shape index (κ1) is 16.3. The topological polar surface area (TPSA) is 41.5 Å². The van der Waals surface area contributed by atoms with E-state index < -0.39 is 6.10 Å². The largest absolute Gasteiger partial charge is 0.491 e. The van der Waals surface area contributed by atoms with Crippen LogP contribution in [0.2, 0.25) is 5.02 Å². The number of aryl methyl sites for hydroxylation is 1. The summed E-state index contributed by atoms with van der Waals surface area (Å²) >= 11 is 7.58. The van der Waals surface area contributed by atoms with Crippen LogP contribution in [0.25, 0.3) is 0 Å². The number of hydrogen-bond donors (Lipinski definition) is 2. The van der Waals surface area contributed by atoms with Crippen LogP contribution in [0.1, 0.15) is 22.7 Å². The lowest BCUT2D eigenvalue weighted by molar-refractivity contribution is 0.104. The number of rotatable bonds is 7. The van der Waals surface area contributed by atoms with E-state index in [9.17, 15) is 5.11 Å². The minimum Gasteiger partial charge on any atom is -0.491 e. The molecule has 2 rings (SSSR count). The monoisotopic (exact) mass is 325 g/mol. The average Bonchev–Trinajstić information content (AvgIpc) is 2.91. The fourth-order valence-corrected chi connectivity index (χ4v) is 2.91. The van der Waals surface area contributed by atoms with E-state index >= 15 is 0 Å². The number of thiophene rings is 1. The number of nitrogens with one attached hydrogen (secondary N) is 1. The van der Waals surface area contributed by atoms with Crippen LogP contribution in [-0.2, 0) is 0 Å². The van der Waals surface area contributed by atoms with Crippen LogP contribution in [0.15, 0.2) is 36.4 Å². The quantitative estimate of drug-likeness (QED) is 0.813. The number of benzene rings is 1. The van der Waals surface area contributed by atoms with Gasteiger partial charge in [0, 0.05) is 27.4 Å². The number of halogens is 1. The zero-order valence-electron chi connectivity index (χ0n) is 12.2. The lowest BCUT2D eigenvalue weighted by Gasteiger charge is -2.16. The highest BCUT2D eigenvalue weighted by atomic mass is 35.5. The highest BCUT2D eigenvalue weighted by Gasteiger charge is 2.11. The molecule has 0 radical (unpaired) electrons. The fourth-order valence-electron chi connectivity index (χ4n) is 1.88. The molecule has 0 saturated heterocycles. The molecule has 0 aliphatic rings. The summed E-state index contributed by atoms with van der Waals surface area (Å²) in [6.45, 7) is 4.93. The molecule has 5 heteroatoms. The van der Waals surface area contributed by atoms with Crippen LogP contribution < -0.4 is 10.1 Å². The molecule has 0 aliphatic carbocycles. The van der Waals surface area contributed by atoms with Gasteiger partial charge in [0.2, 0.25) is 0 Å². The Morgan fingerprint density at radius 2 is 1.95 bits per heavy atom. The molecule has 114 valence electrons. The predicted molar refractivity (Wildman–Crippen MR) is 88.4 cm³/mol. The van der Waals surface area contributed by atoms with E-state index in [1.54, 1.807) is 35.6 Å². The Labute approximate surface area is 134 Å². The zero-order chi connectivity index (χ0) is 15.2. The van der Waals surface area contributed by atoms with Gasteiger partial charge in [-0.25, -0.2) is 0 Å². The summed E-state index contributed by atoms with van der Waals surface area (Å²) in [5, 5.41) is 13.9. The van der Waals surface area contributed by atoms with Gasteiger partial charge in [-0.2, -0.15) is 0 Å². The Kier molecular flexibility index (Phi) is 6.06. The van der Waals surface area contributed by atoms with Gasteiger partial charge >= 0.3 is 0 Å². The van der Waals surface area contributed by atoms with Gasteiger partial charge in [-0.1, -0.05) is 11.6 Å². The van der Waals surface area contributed by atoms with E-state index in [1.165, 1.54) is 9.75 Å². The minimum atomic E-state index is -0.552. The molecule has 0 bridgehead atoms. The SMILES string of the molecule is Cc1ccc(C(C)NCC(O)COc2ccc(Cl)cc2)s1. The van der Waals surface area contributed by atoms with Crippen molar-refractivity contribution in [1.82, 2.24) is 5.32 Å². The fraction of sp³-hybridized carbons (Fsp3) is 0.375. The summed E-state index contributed by atoms with van der Waals surface area (Å²) in [6, 6.07) is 11.6. The molecule has 0 spiro atoms. The second-order valence-corrected chi connectivity index (χ2v) is 6.75. The molecule has 3 nitrogen and oxygen atoms in total. The van der Waals surface area contributed by atoms with Gasteiger partial charge in [-0.05, 0) is 50.2 Å². The first-order valence-corrected chi connectivity index (χ1v) is 8.10. The second kappa shape index (κ2) is 7.80. The van der Waals surface area contributed by atoms with E-state index in [0.29, 0.717) is 17.3 Å². The molecular weight excluding hydrogens is 306 g/mol. The van der Waals surface area contributed by atoms with E-state index in [2.05, 4.69) is 31.3 Å². The van der Waals surface area contributed by atoms with E-state index in [4.69, 9.17) is 16.3 Å². The molecule has 0 aliphatic heterocycles. The molecule has 21 heavy (non-hydrogen) atoms. The van der Waals surface area contributed by atoms with Crippen LogP contribution in [0.5, 0.6) is 5.75 Å². The van der Waals surface area contributed by atoms with Gasteiger partial charge in [-0.3, -0.25) is 0 Å². The second-order valence-electron chi connectivity index (χ2n) is 5.00. The van der Waals surface area contributed by atoms with Gasteiger partial charge in [0.25, 0.3) is 0 Å². The summed E-state index contributed by atoms with van der Waals surface area (Å²) in [7, 11) is 0. The molecule has 1 heterocycles. The van der Waals surface area contributed by atoms with Gasteiger partial charge in [-0.15, -0.1) is 11.3 Å². The van der Waals surface area contributed by atoms with Crippen molar-refractivity contribution >= 4 is 22.9 Å². The van der Waals surface area contributed by atoms with Crippen LogP contribution in [-0.4, -0.2) is 24.4 Å². The van der Waals surface area contributed by atoms with Crippen molar-refractivity contribution in [2.24, 2.45) is 0 Å². The molecule has 1 aromatic carbocycles. The minimum absolute atomic E-state index is 0.230. The first-order valence-electron chi connectivity index (χ1n) is 6.91. The standard InChI is InChI=1S/C16H20ClNO2S/c1-11-3-8-16(21-11)12(2)18-9-14(19)10-20-15-6-4-13(17)5-7-15/h3-8,12,14,18-19H,9-10H2,1-2H3. The number of aliphatic hydroxyl groups excluding tert-OH is 1. The summed E-state index contributed by atoms with van der Waals surface area (Å²) in [4.78, 5) is 2.57. The summed E-state index contributed by atoms with van der Waals surface area (Å²) in [5.74, 6) is 0.709. The Balaban J connectivity index is 1.72. The van der Waals surface area contributed by atoms with Crippen LogP contribution in [0, 0.1) is 6.92 Å². The van der Waals surface area contributed by atoms with Crippen molar-refractivity contribution in [3.8, 4) is 5.75 Å². The Bertz CT molecular complexity index is 556. The smallest absolute Gasteiger partial charge is 0.119 e. The molecule has 2 unspecified atom stereocenters. The summed E-state index contributed by atoms with van der Waals surface area (Å²) in [5.41, 5.74) is 0. The third kappa shape index (κ3) is 5.32. The van der Waals surface area contributed by atoms with E-state index in [1.807, 2.05) is 0 Å². The molecule has 2 aromatic rings. The van der Waals surface area contributed by atoms with Gasteiger partial charge in [0.1, 0.15) is 18.5 Å². The normalized spacial score (nSPS) is 13.9. The van der Waals surface area contributed by atoms with Crippen molar-refractivity contribution in [1.29, 1.82) is 0 Å². The first-order chi connectivity index (χ1) is 10.0. The number of hydrogen-bond acceptors (Lipinski definition) is 4. The summed E-state index contributed by atoms with van der Waals surface area (Å²) in [6.07, 6.45) is -0.552. The molecule has 0 fully saturated rings. The van der Waals surface area contributed by atoms with E-state index in [0.717, 1.165) is 0 Å². The Morgan fingerprint density at radius 1 is 1.24 bits per heavy atom. The summed E-state index contributed by atoms with van der Waals surface area (Å²) < 4.78 is 5.52. The number of ether oxygens (including phenoxy) is 1. The Hall–Kier alpha value is -1.07. The van der Waals surface area contributed by atoms with E-state index in [-0.39, 0.29) is 12.6 Å². The van der Waals surface area contributed by atoms with Crippen LogP contribution in [0.3, 0.4) is 0 Å². The zero-order valence-corrected chi connectivity index (χ0v) is 13.7. The lowest BCUT2D eigenvalue weighted by atomic mass is 10.2. The van der Waals surface area contributed by atoms with Gasteiger partial charge < -0.3 is 15.2 Å². The lowest BCUT2D eigenvalue weighted by Crippen LogP contribution is -2.32. The third-order valence-corrected chi connectivity index (χ3v) is 4.54. The van der Waals surface area contributed by atoms with Crippen LogP contribution in [0.4, 0.5) is 0 Å².